The third-order valence-corrected chi connectivity index (χ3v) is 15.3. The van der Waals surface area contributed by atoms with Gasteiger partial charge in [-0.15, -0.1) is 0 Å². The minimum atomic E-state index is -1.66. The van der Waals surface area contributed by atoms with Crippen molar-refractivity contribution in [2.45, 2.75) is 147 Å². The first kappa shape index (κ1) is 69.0. The molecule has 15 N–H and O–H groups in total. The number of nitrogens with one attached hydrogen (secondary N) is 6. The number of carbonyl (C=O) groups excluding carboxylic acids is 10. The van der Waals surface area contributed by atoms with Crippen molar-refractivity contribution in [3.05, 3.63) is 114 Å². The van der Waals surface area contributed by atoms with Crippen molar-refractivity contribution in [3.8, 4) is 5.75 Å². The van der Waals surface area contributed by atoms with Crippen LogP contribution in [-0.2, 0) is 67.2 Å². The Labute approximate surface area is 506 Å². The minimum Gasteiger partial charge on any atom is -0.508 e. The van der Waals surface area contributed by atoms with Crippen molar-refractivity contribution >= 4 is 75.6 Å². The molecule has 0 unspecified atom stereocenters. The molecule has 1 aromatic heterocycles. The van der Waals surface area contributed by atoms with E-state index in [2.05, 4.69) is 36.6 Å². The van der Waals surface area contributed by atoms with Crippen molar-refractivity contribution in [2.75, 3.05) is 20.1 Å². The van der Waals surface area contributed by atoms with Crippen LogP contribution in [0, 0.1) is 23.7 Å². The molecule has 1 saturated heterocycles. The Morgan fingerprint density at radius 2 is 1.40 bits per heavy atom. The first-order valence-corrected chi connectivity index (χ1v) is 29.3. The lowest BCUT2D eigenvalue weighted by atomic mass is 9.85. The Kier molecular flexibility index (Phi) is 26.8. The molecule has 1 aliphatic heterocycles. The van der Waals surface area contributed by atoms with Crippen LogP contribution in [0.3, 0.4) is 0 Å². The molecular weight excluding hydrogens is 1120 g/mol. The number of aromatic hydroxyl groups is 1. The van der Waals surface area contributed by atoms with Crippen LogP contribution >= 0.6 is 0 Å². The molecule has 10 atom stereocenters. The van der Waals surface area contributed by atoms with Gasteiger partial charge in [0.2, 0.25) is 41.4 Å². The predicted octanol–water partition coefficient (Wildman–Crippen LogP) is 1.60. The number of aliphatic imine (C=N–C) groups is 1. The van der Waals surface area contributed by atoms with E-state index in [1.807, 2.05) is 38.1 Å². The molecular formula is C63H85N11O13. The second-order valence-electron chi connectivity index (χ2n) is 22.8. The van der Waals surface area contributed by atoms with Crippen molar-refractivity contribution in [1.29, 1.82) is 0 Å². The number of hydrogen-bond donors (Lipinski definition) is 12. The number of guanidine groups is 1. The maximum absolute atomic E-state index is 14.3. The number of para-hydroxylation sites is 1. The van der Waals surface area contributed by atoms with Gasteiger partial charge in [-0.05, 0) is 79.8 Å². The Morgan fingerprint density at radius 1 is 0.747 bits per heavy atom. The van der Waals surface area contributed by atoms with E-state index < -0.39 is 126 Å². The molecule has 0 saturated carbocycles. The number of aromatic nitrogens is 1. The number of ketones is 3. The number of likely N-dealkylation sites (tertiary alicyclic amines) is 1. The van der Waals surface area contributed by atoms with Gasteiger partial charge in [-0.2, -0.15) is 0 Å². The van der Waals surface area contributed by atoms with E-state index in [0.29, 0.717) is 30.5 Å². The highest BCUT2D eigenvalue weighted by atomic mass is 16.3. The van der Waals surface area contributed by atoms with Crippen LogP contribution in [0.25, 0.3) is 10.9 Å². The van der Waals surface area contributed by atoms with Crippen molar-refractivity contribution in [3.63, 3.8) is 0 Å². The summed E-state index contributed by atoms with van der Waals surface area (Å²) in [6.45, 7) is 6.39. The second-order valence-corrected chi connectivity index (χ2v) is 22.8. The largest absolute Gasteiger partial charge is 0.508 e. The molecule has 4 aromatic rings. The zero-order valence-electron chi connectivity index (χ0n) is 50.0. The SMILES string of the molecule is CN=C(N)NCCC[C@H](CC(=O)[C@@H](/C=C/CCC(=O)[C@H](Cc1ccccc1)NC(=O)[C@@H](CC(=O)[C@H](CC(N)=O)NC(=O)[C@@H]1C[C@@H](O)CN1C(=O)[C@@H](Cc1ccc(O)cc1)NC(C)=O)[C@@H](C)O)CC(C)C)C(=O)N[C@@H](Cc1c[nH]c2ccccc12)C(N)=O. The number of Topliss-reactive ketones (excluding diaryl/α,β-unsaturated/α-hetero) is 3. The molecule has 0 spiro atoms. The Balaban J connectivity index is 1.28. The van der Waals surface area contributed by atoms with Crippen LogP contribution in [0.4, 0.5) is 0 Å². The number of allylic oxidation sites excluding steroid dienone is 2. The number of aliphatic hydroxyl groups excluding tert-OH is 2. The number of phenols is 1. The monoisotopic (exact) mass is 1200 g/mol. The van der Waals surface area contributed by atoms with Gasteiger partial charge in [0.05, 0.1) is 36.6 Å². The number of rotatable bonds is 35. The van der Waals surface area contributed by atoms with E-state index in [1.54, 1.807) is 60.8 Å². The average molecular weight is 1200 g/mol. The number of aromatic amines is 1. The number of carbonyl (C=O) groups is 10. The van der Waals surface area contributed by atoms with Gasteiger partial charge in [0, 0.05) is 94.5 Å². The number of nitrogens with two attached hydrogens (primary N) is 3. The molecule has 5 rings (SSSR count). The van der Waals surface area contributed by atoms with Gasteiger partial charge in [0.25, 0.3) is 0 Å². The number of aliphatic hydroxyl groups is 2. The third kappa shape index (κ3) is 21.9. The van der Waals surface area contributed by atoms with Crippen molar-refractivity contribution < 1.29 is 63.3 Å². The number of H-pyrrole nitrogens is 1. The summed E-state index contributed by atoms with van der Waals surface area (Å²) in [4.78, 5) is 145. The molecule has 24 heteroatoms. The second kappa shape index (κ2) is 33.8. The maximum Gasteiger partial charge on any atom is 0.246 e. The number of amides is 7. The number of β-amino-alcohol motifs (C(OH)–C–C–N with tert-alkyl or cyclic N) is 1. The summed E-state index contributed by atoms with van der Waals surface area (Å²) in [5.41, 5.74) is 20.1. The summed E-state index contributed by atoms with van der Waals surface area (Å²) in [6.07, 6.45) is 1.72. The zero-order valence-corrected chi connectivity index (χ0v) is 50.0. The molecule has 7 amide bonds. The normalized spacial score (nSPS) is 17.1. The number of fused-ring (bicyclic) bond motifs is 1. The summed E-state index contributed by atoms with van der Waals surface area (Å²) in [6, 6.07) is 15.7. The maximum atomic E-state index is 14.3. The summed E-state index contributed by atoms with van der Waals surface area (Å²) >= 11 is 0. The third-order valence-electron chi connectivity index (χ3n) is 15.3. The lowest BCUT2D eigenvalue weighted by molar-refractivity contribution is -0.142. The van der Waals surface area contributed by atoms with Crippen LogP contribution in [0.2, 0.25) is 0 Å². The van der Waals surface area contributed by atoms with Crippen LogP contribution in [-0.4, -0.2) is 152 Å². The molecule has 87 heavy (non-hydrogen) atoms. The summed E-state index contributed by atoms with van der Waals surface area (Å²) in [5, 5.41) is 45.9. The van der Waals surface area contributed by atoms with E-state index in [9.17, 15) is 63.3 Å². The quantitative estimate of drug-likeness (QED) is 0.0135. The van der Waals surface area contributed by atoms with E-state index in [1.165, 1.54) is 33.0 Å². The van der Waals surface area contributed by atoms with Crippen molar-refractivity contribution in [2.24, 2.45) is 45.9 Å². The lowest BCUT2D eigenvalue weighted by Gasteiger charge is -2.30. The fraction of sp³-hybridized carbons (Fsp3) is 0.476. The van der Waals surface area contributed by atoms with Crippen LogP contribution in [0.1, 0.15) is 102 Å². The number of hydrogen-bond acceptors (Lipinski definition) is 14. The van der Waals surface area contributed by atoms with Gasteiger partial charge in [-0.1, -0.05) is 86.7 Å². The molecule has 0 bridgehead atoms. The first-order chi connectivity index (χ1) is 41.3. The van der Waals surface area contributed by atoms with Gasteiger partial charge in [-0.3, -0.25) is 52.9 Å². The molecule has 3 aromatic carbocycles. The standard InChI is InChI=1S/C63H85N11O13/c1-36(2)26-41(55(80)30-42(17-13-25-68-63(66)67-5)59(84)73-51(58(65)83)29-43-34-69-48-19-11-10-18-46(43)48)16-9-12-20-54(79)49(27-39-14-7-6-8-15-39)71-60(85)47(37(3)75)32-56(81)50(33-57(64)82)72-61(86)53-31-45(78)35-74(53)62(87)52(70-38(4)76)28-40-21-23-44(77)24-22-40/h6-11,14-16,18-19,21-24,34,36-37,41-42,45,47,49-53,69,75,77-78H,12-13,17,20,25-33,35H2,1-5H3,(H2,64,82)(H2,65,83)(H,70,76)(H,71,85)(H,72,86)(H,73,84)(H3,66,67,68)/b16-9+/t37-,41+,42-,45-,47+,49+,50+,51+,52-,53+/m1/s1. The van der Waals surface area contributed by atoms with E-state index in [4.69, 9.17) is 17.2 Å². The fourth-order valence-electron chi connectivity index (χ4n) is 10.6. The minimum absolute atomic E-state index is 0.0137. The summed E-state index contributed by atoms with van der Waals surface area (Å²) < 4.78 is 0. The van der Waals surface area contributed by atoms with Gasteiger partial charge < -0.3 is 69.0 Å². The van der Waals surface area contributed by atoms with E-state index in [0.717, 1.165) is 21.4 Å². The first-order valence-electron chi connectivity index (χ1n) is 29.3. The Bertz CT molecular complexity index is 3090. The molecule has 0 radical (unpaired) electrons. The summed E-state index contributed by atoms with van der Waals surface area (Å²) in [7, 11) is 1.53. The Hall–Kier alpha value is -8.77. The molecule has 1 aliphatic rings. The number of nitrogens with zero attached hydrogens (tertiary/aromatic N) is 2. The van der Waals surface area contributed by atoms with Gasteiger partial charge in [0.15, 0.2) is 17.5 Å². The highest BCUT2D eigenvalue weighted by molar-refractivity contribution is 5.99. The number of benzene rings is 3. The van der Waals surface area contributed by atoms with Gasteiger partial charge in [0.1, 0.15) is 29.7 Å². The Morgan fingerprint density at radius 3 is 2.05 bits per heavy atom. The topological polar surface area (TPSA) is 401 Å². The highest BCUT2D eigenvalue weighted by Gasteiger charge is 2.43. The van der Waals surface area contributed by atoms with E-state index >= 15 is 0 Å². The molecule has 2 heterocycles. The molecule has 1 fully saturated rings. The lowest BCUT2D eigenvalue weighted by Crippen LogP contribution is -2.56. The zero-order chi connectivity index (χ0) is 63.9. The molecule has 24 nitrogen and oxygen atoms in total. The predicted molar refractivity (Wildman–Crippen MR) is 326 cm³/mol. The van der Waals surface area contributed by atoms with Crippen LogP contribution in [0.15, 0.2) is 102 Å². The summed E-state index contributed by atoms with van der Waals surface area (Å²) in [5.74, 6) is -9.78. The van der Waals surface area contributed by atoms with Gasteiger partial charge in [-0.25, -0.2) is 0 Å². The van der Waals surface area contributed by atoms with Crippen LogP contribution in [0.5, 0.6) is 5.75 Å². The molecule has 470 valence electrons. The highest BCUT2D eigenvalue weighted by Crippen LogP contribution is 2.26. The van der Waals surface area contributed by atoms with Crippen molar-refractivity contribution in [1.82, 2.24) is 36.5 Å². The smallest absolute Gasteiger partial charge is 0.246 e. The van der Waals surface area contributed by atoms with E-state index in [-0.39, 0.29) is 81.3 Å². The molecule has 0 aliphatic carbocycles. The van der Waals surface area contributed by atoms with Gasteiger partial charge >= 0.3 is 0 Å². The fourth-order valence-corrected chi connectivity index (χ4v) is 10.6. The average Bonchev–Trinajstić information content (AvgIpc) is 3.52. The van der Waals surface area contributed by atoms with Crippen LogP contribution < -0.4 is 43.8 Å². The number of primary amides is 2. The number of phenolic OH excluding ortho intramolecular Hbond substituents is 1.